The maximum atomic E-state index is 13.4. The zero-order chi connectivity index (χ0) is 23.9. The molecule has 1 saturated carbocycles. The van der Waals surface area contributed by atoms with Crippen LogP contribution in [0.25, 0.3) is 10.8 Å². The number of terminal acetylenes is 1. The van der Waals surface area contributed by atoms with E-state index in [9.17, 15) is 9.59 Å². The van der Waals surface area contributed by atoms with Crippen LogP contribution in [0.4, 0.5) is 5.69 Å². The van der Waals surface area contributed by atoms with Gasteiger partial charge in [0, 0.05) is 23.1 Å². The molecule has 6 rings (SSSR count). The Morgan fingerprint density at radius 2 is 1.83 bits per heavy atom. The molecule has 1 unspecified atom stereocenters. The van der Waals surface area contributed by atoms with Gasteiger partial charge in [-0.2, -0.15) is 0 Å². The van der Waals surface area contributed by atoms with Crippen LogP contribution < -0.4 is 10.9 Å². The Morgan fingerprint density at radius 1 is 1.03 bits per heavy atom. The minimum Gasteiger partial charge on any atom is -0.324 e. The van der Waals surface area contributed by atoms with Gasteiger partial charge in [0.25, 0.3) is 5.56 Å². The Balaban J connectivity index is 1.37. The van der Waals surface area contributed by atoms with Crippen molar-refractivity contribution in [2.45, 2.75) is 36.2 Å². The van der Waals surface area contributed by atoms with E-state index in [-0.39, 0.29) is 11.5 Å². The van der Waals surface area contributed by atoms with E-state index < -0.39 is 6.04 Å². The second-order valence-corrected chi connectivity index (χ2v) is 10.2. The van der Waals surface area contributed by atoms with Gasteiger partial charge in [-0.25, -0.2) is 0 Å². The number of hydrogen-bond donors (Lipinski definition) is 1. The molecule has 1 aliphatic heterocycles. The number of fused-ring (bicyclic) bond motifs is 2. The fraction of sp³-hybridized carbons (Fsp3) is 0.200. The molecule has 172 valence electrons. The van der Waals surface area contributed by atoms with Gasteiger partial charge in [0.15, 0.2) is 0 Å². The lowest BCUT2D eigenvalue weighted by Gasteiger charge is -2.18. The van der Waals surface area contributed by atoms with Crippen LogP contribution in [0.3, 0.4) is 0 Å². The van der Waals surface area contributed by atoms with E-state index in [2.05, 4.69) is 47.6 Å². The molecule has 1 aromatic heterocycles. The minimum atomic E-state index is -0.541. The normalized spacial score (nSPS) is 16.6. The first kappa shape index (κ1) is 21.8. The first-order chi connectivity index (χ1) is 17.1. The topological polar surface area (TPSA) is 51.1 Å². The lowest BCUT2D eigenvalue weighted by atomic mass is 9.95. The van der Waals surface area contributed by atoms with Crippen LogP contribution in [-0.2, 0) is 11.2 Å². The van der Waals surface area contributed by atoms with E-state index >= 15 is 0 Å². The first-order valence-corrected chi connectivity index (χ1v) is 12.9. The number of rotatable bonds is 5. The molecule has 0 bridgehead atoms. The van der Waals surface area contributed by atoms with E-state index in [4.69, 9.17) is 6.42 Å². The van der Waals surface area contributed by atoms with Crippen molar-refractivity contribution in [1.29, 1.82) is 0 Å². The molecule has 0 spiro atoms. The largest absolute Gasteiger partial charge is 0.324 e. The zero-order valence-corrected chi connectivity index (χ0v) is 20.0. The number of thioether (sulfide) groups is 1. The smallest absolute Gasteiger partial charge is 0.252 e. The molecule has 4 aromatic rings. The van der Waals surface area contributed by atoms with Gasteiger partial charge >= 0.3 is 0 Å². The summed E-state index contributed by atoms with van der Waals surface area (Å²) in [4.78, 5) is 26.6. The number of hydrogen-bond acceptors (Lipinski definition) is 3. The van der Waals surface area contributed by atoms with Crippen LogP contribution in [0.5, 0.6) is 0 Å². The van der Waals surface area contributed by atoms with Crippen molar-refractivity contribution in [3.8, 4) is 12.3 Å². The van der Waals surface area contributed by atoms with E-state index in [1.165, 1.54) is 21.9 Å². The molecular weight excluding hydrogens is 452 g/mol. The Kier molecular flexibility index (Phi) is 5.47. The summed E-state index contributed by atoms with van der Waals surface area (Å²) < 4.78 is 1.71. The van der Waals surface area contributed by atoms with Gasteiger partial charge in [0.05, 0.1) is 5.03 Å². The number of benzene rings is 3. The molecule has 0 saturated heterocycles. The maximum absolute atomic E-state index is 13.4. The minimum absolute atomic E-state index is 0.109. The summed E-state index contributed by atoms with van der Waals surface area (Å²) in [6, 6.07) is 23.2. The predicted molar refractivity (Wildman–Crippen MR) is 142 cm³/mol. The summed E-state index contributed by atoms with van der Waals surface area (Å²) in [5, 5.41) is 6.35. The number of anilines is 1. The molecule has 1 N–H and O–H groups in total. The van der Waals surface area contributed by atoms with Crippen LogP contribution in [0.2, 0.25) is 0 Å². The van der Waals surface area contributed by atoms with Gasteiger partial charge < -0.3 is 5.32 Å². The molecule has 2 aliphatic rings. The van der Waals surface area contributed by atoms with E-state index in [1.54, 1.807) is 28.5 Å². The summed E-state index contributed by atoms with van der Waals surface area (Å²) in [5.41, 5.74) is 4.81. The van der Waals surface area contributed by atoms with Crippen molar-refractivity contribution in [3.63, 3.8) is 0 Å². The number of amides is 1. The average molecular weight is 477 g/mol. The molecule has 3 aromatic carbocycles. The quantitative estimate of drug-likeness (QED) is 0.374. The summed E-state index contributed by atoms with van der Waals surface area (Å²) >= 11 is 1.63. The van der Waals surface area contributed by atoms with Gasteiger partial charge in [-0.05, 0) is 70.8 Å². The highest BCUT2D eigenvalue weighted by atomic mass is 32.2. The fourth-order valence-corrected chi connectivity index (χ4v) is 6.48. The molecule has 1 amide bonds. The van der Waals surface area contributed by atoms with Gasteiger partial charge in [0.1, 0.15) is 6.04 Å². The summed E-state index contributed by atoms with van der Waals surface area (Å²) in [7, 11) is 0. The molecule has 1 aliphatic carbocycles. The van der Waals surface area contributed by atoms with Crippen LogP contribution in [0, 0.1) is 12.3 Å². The zero-order valence-electron chi connectivity index (χ0n) is 19.2. The summed E-state index contributed by atoms with van der Waals surface area (Å²) in [6.45, 7) is 0. The Morgan fingerprint density at radius 3 is 2.66 bits per heavy atom. The number of aromatic nitrogens is 1. The van der Waals surface area contributed by atoms with Crippen molar-refractivity contribution in [3.05, 3.63) is 105 Å². The highest BCUT2D eigenvalue weighted by Gasteiger charge is 2.37. The number of carbonyl (C=O) groups excluding carboxylic acids is 1. The lowest BCUT2D eigenvalue weighted by Crippen LogP contribution is -2.33. The fourth-order valence-electron chi connectivity index (χ4n) is 5.05. The van der Waals surface area contributed by atoms with Crippen molar-refractivity contribution in [2.75, 3.05) is 11.1 Å². The Labute approximate surface area is 208 Å². The number of nitrogens with one attached hydrogen (secondary N) is 1. The lowest BCUT2D eigenvalue weighted by molar-refractivity contribution is -0.118. The molecule has 2 heterocycles. The number of pyridine rings is 1. The van der Waals surface area contributed by atoms with Crippen molar-refractivity contribution in [1.82, 2.24) is 4.57 Å². The van der Waals surface area contributed by atoms with E-state index in [1.807, 2.05) is 24.3 Å². The first-order valence-electron chi connectivity index (χ1n) is 11.9. The van der Waals surface area contributed by atoms with Crippen LogP contribution in [0.1, 0.15) is 47.1 Å². The van der Waals surface area contributed by atoms with Crippen molar-refractivity contribution in [2.24, 2.45) is 0 Å². The van der Waals surface area contributed by atoms with Crippen LogP contribution >= 0.6 is 11.8 Å². The molecular formula is C30H24N2O2S. The summed E-state index contributed by atoms with van der Waals surface area (Å²) in [5.74, 6) is 3.41. The molecule has 5 heteroatoms. The Hall–Kier alpha value is -3.75. The van der Waals surface area contributed by atoms with Crippen LogP contribution in [-0.4, -0.2) is 16.2 Å². The monoisotopic (exact) mass is 476 g/mol. The SMILES string of the molecule is C#Cc1cccc(NC(=O)C2CSc3c(C4CC4)c(Cc4cccc5ccccc45)cc(=O)n32)c1. The standard InChI is InChI=1S/C30H24N2O2S/c1-2-19-7-5-11-24(15-19)31-29(34)26-18-35-30-28(21-13-14-21)23(17-27(33)32(26)30)16-22-10-6-9-20-8-3-4-12-25(20)22/h1,3-12,15,17,21,26H,13-14,16,18H2,(H,31,34). The van der Waals surface area contributed by atoms with Gasteiger partial charge in [-0.3, -0.25) is 14.2 Å². The highest BCUT2D eigenvalue weighted by Crippen LogP contribution is 2.48. The van der Waals surface area contributed by atoms with Gasteiger partial charge in [0.2, 0.25) is 5.91 Å². The third-order valence-electron chi connectivity index (χ3n) is 6.87. The predicted octanol–water partition coefficient (Wildman–Crippen LogP) is 5.74. The molecule has 1 atom stereocenters. The van der Waals surface area contributed by atoms with Gasteiger partial charge in [-0.1, -0.05) is 54.5 Å². The van der Waals surface area contributed by atoms with Crippen LogP contribution in [0.15, 0.2) is 82.6 Å². The van der Waals surface area contributed by atoms with Crippen molar-refractivity contribution >= 4 is 34.1 Å². The summed E-state index contributed by atoms with van der Waals surface area (Å²) in [6.07, 6.45) is 8.47. The second kappa shape index (κ2) is 8.79. The van der Waals surface area contributed by atoms with Crippen molar-refractivity contribution < 1.29 is 4.79 Å². The number of nitrogens with zero attached hydrogens (tertiary/aromatic N) is 1. The highest BCUT2D eigenvalue weighted by molar-refractivity contribution is 7.99. The molecule has 35 heavy (non-hydrogen) atoms. The number of carbonyl (C=O) groups is 1. The van der Waals surface area contributed by atoms with Gasteiger partial charge in [-0.15, -0.1) is 18.2 Å². The third kappa shape index (κ3) is 4.05. The van der Waals surface area contributed by atoms with E-state index in [0.29, 0.717) is 29.3 Å². The van der Waals surface area contributed by atoms with E-state index in [0.717, 1.165) is 23.4 Å². The molecule has 0 radical (unpaired) electrons. The third-order valence-corrected chi connectivity index (χ3v) is 8.04. The molecule has 1 fully saturated rings. The second-order valence-electron chi connectivity index (χ2n) is 9.23. The Bertz CT molecular complexity index is 1570. The average Bonchev–Trinajstić information content (AvgIpc) is 3.61. The maximum Gasteiger partial charge on any atom is 0.252 e. The molecule has 4 nitrogen and oxygen atoms in total.